The predicted octanol–water partition coefficient (Wildman–Crippen LogP) is 4.08. The summed E-state index contributed by atoms with van der Waals surface area (Å²) < 4.78 is 2.14. The third-order valence-electron chi connectivity index (χ3n) is 2.97. The molecule has 2 heterocycles. The molecule has 1 unspecified atom stereocenters. The van der Waals surface area contributed by atoms with Gasteiger partial charge in [0, 0.05) is 14.3 Å². The molecule has 6 heteroatoms. The largest absolute Gasteiger partial charge is 0.323 e. The molecule has 0 amide bonds. The zero-order valence-electron chi connectivity index (χ0n) is 11.7. The molecule has 0 N–H and O–H groups in total. The van der Waals surface area contributed by atoms with E-state index in [0.717, 1.165) is 16.9 Å². The molecule has 0 bridgehead atoms. The van der Waals surface area contributed by atoms with E-state index in [1.54, 1.807) is 0 Å². The van der Waals surface area contributed by atoms with Crippen LogP contribution in [-0.2, 0) is 5.88 Å². The zero-order chi connectivity index (χ0) is 14.0. The van der Waals surface area contributed by atoms with Gasteiger partial charge in [0.1, 0.15) is 17.1 Å². The van der Waals surface area contributed by atoms with Gasteiger partial charge in [0.05, 0.1) is 11.3 Å². The van der Waals surface area contributed by atoms with Crippen molar-refractivity contribution in [2.75, 3.05) is 5.75 Å². The van der Waals surface area contributed by atoms with Gasteiger partial charge in [-0.1, -0.05) is 37.1 Å². The van der Waals surface area contributed by atoms with E-state index in [-0.39, 0.29) is 10.5 Å². The van der Waals surface area contributed by atoms with Gasteiger partial charge in [-0.05, 0) is 17.9 Å². The van der Waals surface area contributed by atoms with Gasteiger partial charge in [0.15, 0.2) is 0 Å². The molecule has 0 saturated heterocycles. The normalized spacial score (nSPS) is 13.9. The van der Waals surface area contributed by atoms with Crippen LogP contribution >= 0.6 is 22.1 Å². The van der Waals surface area contributed by atoms with Crippen LogP contribution in [0.4, 0.5) is 0 Å². The Labute approximate surface area is 123 Å². The molecule has 0 spiro atoms. The maximum atomic E-state index is 6.06. The summed E-state index contributed by atoms with van der Waals surface area (Å²) in [5.41, 5.74) is 0.911. The van der Waals surface area contributed by atoms with E-state index in [2.05, 4.69) is 40.0 Å². The van der Waals surface area contributed by atoms with Crippen molar-refractivity contribution in [2.24, 2.45) is 0 Å². The van der Waals surface area contributed by atoms with Crippen molar-refractivity contribution in [3.63, 3.8) is 0 Å². The highest BCUT2D eigenvalue weighted by Gasteiger charge is 2.13. The summed E-state index contributed by atoms with van der Waals surface area (Å²) in [5.74, 6) is 6.42. The molecule has 0 aliphatic carbocycles. The summed E-state index contributed by atoms with van der Waals surface area (Å²) in [5, 5.41) is 1.45. The monoisotopic (exact) mass is 313 g/mol. The molecule has 0 saturated carbocycles. The van der Waals surface area contributed by atoms with Crippen LogP contribution in [-0.4, -0.2) is 34.2 Å². The second-order valence-corrected chi connectivity index (χ2v) is 13.8. The van der Waals surface area contributed by atoms with Crippen molar-refractivity contribution < 1.29 is 0 Å². The molecule has 0 fully saturated rings. The highest BCUT2D eigenvalue weighted by molar-refractivity contribution is 8.13. The highest BCUT2D eigenvalue weighted by Crippen LogP contribution is 2.25. The van der Waals surface area contributed by atoms with E-state index >= 15 is 0 Å². The zero-order valence-corrected chi connectivity index (χ0v) is 14.3. The first-order chi connectivity index (χ1) is 8.87. The number of hydrogen-bond acceptors (Lipinski definition) is 2. The lowest BCUT2D eigenvalue weighted by atomic mass is 10.4. The Kier molecular flexibility index (Phi) is 4.48. The number of halogens is 1. The smallest absolute Gasteiger partial charge is 0.145 e. The van der Waals surface area contributed by atoms with Gasteiger partial charge in [-0.15, -0.1) is 0 Å². The Morgan fingerprint density at radius 2 is 2.11 bits per heavy atom. The van der Waals surface area contributed by atoms with E-state index in [9.17, 15) is 0 Å². The average molecular weight is 314 g/mol. The third-order valence-corrected chi connectivity index (χ3v) is 6.81. The fourth-order valence-electron chi connectivity index (χ4n) is 1.79. The molecule has 0 aromatic carbocycles. The number of nitrogens with zero attached hydrogens (tertiary/aromatic N) is 3. The van der Waals surface area contributed by atoms with Crippen molar-refractivity contribution in [3.8, 4) is 0 Å². The van der Waals surface area contributed by atoms with Gasteiger partial charge in [-0.25, -0.2) is 9.97 Å². The first-order valence-corrected chi connectivity index (χ1v) is 12.1. The molecular weight excluding hydrogens is 294 g/mol. The third kappa shape index (κ3) is 3.90. The SMILES string of the molecule is C=S(CC[Si](C)(C)C)Cn1ccc2c(Cl)ncnc21. The van der Waals surface area contributed by atoms with Crippen molar-refractivity contribution in [2.45, 2.75) is 31.6 Å². The van der Waals surface area contributed by atoms with E-state index in [0.29, 0.717) is 5.15 Å². The first kappa shape index (κ1) is 14.7. The van der Waals surface area contributed by atoms with Gasteiger partial charge in [0.2, 0.25) is 0 Å². The van der Waals surface area contributed by atoms with Crippen molar-refractivity contribution in [1.82, 2.24) is 14.5 Å². The lowest BCUT2D eigenvalue weighted by Crippen LogP contribution is -2.20. The molecular formula is C13H20ClN3SSi. The number of rotatable bonds is 5. The maximum Gasteiger partial charge on any atom is 0.145 e. The van der Waals surface area contributed by atoms with Crippen LogP contribution < -0.4 is 0 Å². The summed E-state index contributed by atoms with van der Waals surface area (Å²) >= 11 is 6.06. The van der Waals surface area contributed by atoms with Gasteiger partial charge >= 0.3 is 0 Å². The Hall–Kier alpha value is -0.653. The Morgan fingerprint density at radius 1 is 1.37 bits per heavy atom. The minimum absolute atomic E-state index is 0.136. The minimum Gasteiger partial charge on any atom is -0.323 e. The Morgan fingerprint density at radius 3 is 2.79 bits per heavy atom. The molecule has 104 valence electrons. The average Bonchev–Trinajstić information content (AvgIpc) is 2.71. The second kappa shape index (κ2) is 5.77. The number of fused-ring (bicyclic) bond motifs is 1. The van der Waals surface area contributed by atoms with E-state index < -0.39 is 8.07 Å². The summed E-state index contributed by atoms with van der Waals surface area (Å²) in [6.45, 7) is 7.22. The summed E-state index contributed by atoms with van der Waals surface area (Å²) in [6.07, 6.45) is 3.55. The van der Waals surface area contributed by atoms with Crippen LogP contribution in [0, 0.1) is 0 Å². The summed E-state index contributed by atoms with van der Waals surface area (Å²) in [4.78, 5) is 8.32. The first-order valence-electron chi connectivity index (χ1n) is 6.29. The van der Waals surface area contributed by atoms with Gasteiger partial charge < -0.3 is 4.57 Å². The molecule has 1 atom stereocenters. The van der Waals surface area contributed by atoms with E-state index in [1.165, 1.54) is 18.1 Å². The fraction of sp³-hybridized carbons (Fsp3) is 0.462. The lowest BCUT2D eigenvalue weighted by Gasteiger charge is -2.17. The summed E-state index contributed by atoms with van der Waals surface area (Å²) in [6, 6.07) is 3.31. The van der Waals surface area contributed by atoms with Crippen LogP contribution in [0.15, 0.2) is 18.6 Å². The summed E-state index contributed by atoms with van der Waals surface area (Å²) in [7, 11) is -0.837. The van der Waals surface area contributed by atoms with Crippen molar-refractivity contribution >= 4 is 47.1 Å². The molecule has 0 aliphatic heterocycles. The molecule has 3 nitrogen and oxygen atoms in total. The molecule has 2 aromatic rings. The molecule has 2 rings (SSSR count). The van der Waals surface area contributed by atoms with E-state index in [4.69, 9.17) is 11.6 Å². The second-order valence-electron chi connectivity index (χ2n) is 5.94. The maximum absolute atomic E-state index is 6.06. The van der Waals surface area contributed by atoms with E-state index in [1.807, 2.05) is 12.3 Å². The number of hydrogen-bond donors (Lipinski definition) is 0. The van der Waals surface area contributed by atoms with Crippen LogP contribution in [0.3, 0.4) is 0 Å². The predicted molar refractivity (Wildman–Crippen MR) is 90.3 cm³/mol. The van der Waals surface area contributed by atoms with Crippen molar-refractivity contribution in [1.29, 1.82) is 0 Å². The fourth-order valence-corrected chi connectivity index (χ4v) is 6.32. The van der Waals surface area contributed by atoms with Crippen LogP contribution in [0.1, 0.15) is 0 Å². The number of aromatic nitrogens is 3. The van der Waals surface area contributed by atoms with Crippen LogP contribution in [0.2, 0.25) is 30.8 Å². The lowest BCUT2D eigenvalue weighted by molar-refractivity contribution is 0.918. The highest BCUT2D eigenvalue weighted by atomic mass is 35.5. The van der Waals surface area contributed by atoms with Crippen molar-refractivity contribution in [3.05, 3.63) is 23.7 Å². The van der Waals surface area contributed by atoms with Gasteiger partial charge in [-0.3, -0.25) is 0 Å². The molecule has 0 radical (unpaired) electrons. The molecule has 0 aliphatic rings. The minimum atomic E-state index is -0.973. The van der Waals surface area contributed by atoms with Crippen LogP contribution in [0.5, 0.6) is 0 Å². The molecule has 19 heavy (non-hydrogen) atoms. The van der Waals surface area contributed by atoms with Crippen LogP contribution in [0.25, 0.3) is 11.0 Å². The van der Waals surface area contributed by atoms with Gasteiger partial charge in [0.25, 0.3) is 0 Å². The topological polar surface area (TPSA) is 30.7 Å². The standard InChI is InChI=1S/C13H20ClN3SSi/c1-18(7-8-19(2,3)4)10-17-6-5-11-12(14)15-9-16-13(11)17/h5-6,9H,1,7-8,10H2,2-4H3. The molecule has 2 aromatic heterocycles. The Bertz CT molecular complexity index is 603. The van der Waals surface area contributed by atoms with Gasteiger partial charge in [-0.2, -0.15) is 10.5 Å². The Balaban J connectivity index is 2.10. The quantitative estimate of drug-likeness (QED) is 0.473.